The smallest absolute Gasteiger partial charge is 0.259 e. The van der Waals surface area contributed by atoms with Crippen molar-refractivity contribution in [2.24, 2.45) is 5.73 Å². The number of carbonyl (C=O) groups is 2. The number of nitrogens with two attached hydrogens (primary N) is 1. The Labute approximate surface area is 165 Å². The molecule has 2 atom stereocenters. The van der Waals surface area contributed by atoms with Gasteiger partial charge in [-0.05, 0) is 38.1 Å². The molecule has 2 amide bonds. The monoisotopic (exact) mass is 396 g/mol. The van der Waals surface area contributed by atoms with Crippen LogP contribution in [0.15, 0.2) is 53.3 Å². The summed E-state index contributed by atoms with van der Waals surface area (Å²) >= 11 is 0. The number of aliphatic hydroxyl groups is 2. The van der Waals surface area contributed by atoms with Crippen LogP contribution in [0.4, 0.5) is 5.69 Å². The topological polar surface area (TPSA) is 158 Å². The SMILES string of the molecule is CC(O)(C(=O)Nc1ccccc1C(N)=O)C(C)(O)c1nc2ccccc2c(=O)[nH]1. The van der Waals surface area contributed by atoms with Crippen LogP contribution in [-0.4, -0.2) is 37.6 Å². The second-order valence-corrected chi connectivity index (χ2v) is 6.94. The molecule has 0 aliphatic rings. The average Bonchev–Trinajstić information content (AvgIpc) is 2.68. The lowest BCUT2D eigenvalue weighted by molar-refractivity contribution is -0.166. The van der Waals surface area contributed by atoms with E-state index in [1.54, 1.807) is 36.4 Å². The van der Waals surface area contributed by atoms with Crippen LogP contribution in [0.25, 0.3) is 10.9 Å². The largest absolute Gasteiger partial charge is 0.379 e. The number of para-hydroxylation sites is 2. The van der Waals surface area contributed by atoms with Gasteiger partial charge in [-0.25, -0.2) is 4.98 Å². The summed E-state index contributed by atoms with van der Waals surface area (Å²) in [6.07, 6.45) is 0. The number of fused-ring (bicyclic) bond motifs is 1. The number of H-pyrrole nitrogens is 1. The molecule has 0 spiro atoms. The Morgan fingerprint density at radius 2 is 1.69 bits per heavy atom. The molecule has 0 aliphatic carbocycles. The summed E-state index contributed by atoms with van der Waals surface area (Å²) in [7, 11) is 0. The highest BCUT2D eigenvalue weighted by atomic mass is 16.4. The first kappa shape index (κ1) is 20.2. The number of nitrogens with one attached hydrogen (secondary N) is 2. The fourth-order valence-electron chi connectivity index (χ4n) is 2.82. The maximum absolute atomic E-state index is 12.8. The quantitative estimate of drug-likeness (QED) is 0.425. The molecule has 0 saturated carbocycles. The van der Waals surface area contributed by atoms with Crippen LogP contribution in [-0.2, 0) is 10.4 Å². The van der Waals surface area contributed by atoms with Crippen LogP contribution < -0.4 is 16.6 Å². The van der Waals surface area contributed by atoms with E-state index in [1.165, 1.54) is 12.1 Å². The molecule has 0 fully saturated rings. The molecule has 2 unspecified atom stereocenters. The van der Waals surface area contributed by atoms with Gasteiger partial charge in [0.25, 0.3) is 17.4 Å². The van der Waals surface area contributed by atoms with Crippen molar-refractivity contribution < 1.29 is 19.8 Å². The number of rotatable bonds is 5. The highest BCUT2D eigenvalue weighted by Crippen LogP contribution is 2.32. The minimum atomic E-state index is -2.43. The molecule has 0 aliphatic heterocycles. The first-order valence-corrected chi connectivity index (χ1v) is 8.70. The third-order valence-electron chi connectivity index (χ3n) is 4.90. The molecule has 3 aromatic rings. The molecule has 29 heavy (non-hydrogen) atoms. The van der Waals surface area contributed by atoms with Crippen LogP contribution in [0.3, 0.4) is 0 Å². The Hall–Kier alpha value is -3.56. The number of hydrogen-bond acceptors (Lipinski definition) is 6. The Morgan fingerprint density at radius 1 is 1.07 bits per heavy atom. The third-order valence-corrected chi connectivity index (χ3v) is 4.90. The van der Waals surface area contributed by atoms with Crippen molar-refractivity contribution in [2.75, 3.05) is 5.32 Å². The Balaban J connectivity index is 2.00. The fraction of sp³-hybridized carbons (Fsp3) is 0.200. The van der Waals surface area contributed by atoms with E-state index in [0.29, 0.717) is 10.9 Å². The van der Waals surface area contributed by atoms with Crippen molar-refractivity contribution in [1.29, 1.82) is 0 Å². The number of carbonyl (C=O) groups excluding carboxylic acids is 2. The predicted molar refractivity (Wildman–Crippen MR) is 106 cm³/mol. The Bertz CT molecular complexity index is 1170. The average molecular weight is 396 g/mol. The number of primary amides is 1. The van der Waals surface area contributed by atoms with Gasteiger partial charge in [-0.15, -0.1) is 0 Å². The fourth-order valence-corrected chi connectivity index (χ4v) is 2.82. The Morgan fingerprint density at radius 3 is 2.38 bits per heavy atom. The molecule has 150 valence electrons. The van der Waals surface area contributed by atoms with Crippen molar-refractivity contribution in [1.82, 2.24) is 9.97 Å². The van der Waals surface area contributed by atoms with E-state index < -0.39 is 28.6 Å². The minimum absolute atomic E-state index is 0.0357. The number of hydrogen-bond donors (Lipinski definition) is 5. The zero-order valence-electron chi connectivity index (χ0n) is 15.8. The molecule has 0 bridgehead atoms. The lowest BCUT2D eigenvalue weighted by Crippen LogP contribution is -2.56. The summed E-state index contributed by atoms with van der Waals surface area (Å²) in [5.41, 5.74) is 0.456. The summed E-state index contributed by atoms with van der Waals surface area (Å²) in [5.74, 6) is -2.08. The predicted octanol–water partition coefficient (Wildman–Crippen LogP) is 0.619. The molecular weight excluding hydrogens is 376 g/mol. The van der Waals surface area contributed by atoms with Gasteiger partial charge in [-0.2, -0.15) is 0 Å². The lowest BCUT2D eigenvalue weighted by atomic mass is 9.84. The summed E-state index contributed by atoms with van der Waals surface area (Å²) < 4.78 is 0. The molecule has 0 radical (unpaired) electrons. The number of aromatic nitrogens is 2. The number of amides is 2. The summed E-state index contributed by atoms with van der Waals surface area (Å²) in [4.78, 5) is 43.2. The van der Waals surface area contributed by atoms with Crippen molar-refractivity contribution in [3.8, 4) is 0 Å². The second kappa shape index (κ2) is 7.12. The van der Waals surface area contributed by atoms with Crippen molar-refractivity contribution >= 4 is 28.4 Å². The lowest BCUT2D eigenvalue weighted by Gasteiger charge is -2.36. The van der Waals surface area contributed by atoms with Gasteiger partial charge in [0.2, 0.25) is 0 Å². The maximum Gasteiger partial charge on any atom is 0.259 e. The van der Waals surface area contributed by atoms with E-state index in [2.05, 4.69) is 15.3 Å². The van der Waals surface area contributed by atoms with E-state index in [1.807, 2.05) is 0 Å². The van der Waals surface area contributed by atoms with Crippen molar-refractivity contribution in [3.05, 3.63) is 70.3 Å². The van der Waals surface area contributed by atoms with Crippen LogP contribution in [0.2, 0.25) is 0 Å². The van der Waals surface area contributed by atoms with Gasteiger partial charge >= 0.3 is 0 Å². The molecule has 0 saturated heterocycles. The van der Waals surface area contributed by atoms with Gasteiger partial charge in [-0.3, -0.25) is 14.4 Å². The number of aromatic amines is 1. The molecule has 6 N–H and O–H groups in total. The van der Waals surface area contributed by atoms with Crippen LogP contribution >= 0.6 is 0 Å². The summed E-state index contributed by atoms with van der Waals surface area (Å²) in [5, 5.41) is 24.6. The number of nitrogens with zero attached hydrogens (tertiary/aromatic N) is 1. The zero-order valence-corrected chi connectivity index (χ0v) is 15.8. The maximum atomic E-state index is 12.8. The molecule has 9 heteroatoms. The first-order chi connectivity index (χ1) is 13.6. The molecule has 1 heterocycles. The molecule has 1 aromatic heterocycles. The zero-order chi connectivity index (χ0) is 21.4. The number of anilines is 1. The molecule has 3 rings (SSSR count). The van der Waals surface area contributed by atoms with Crippen LogP contribution in [0.5, 0.6) is 0 Å². The van der Waals surface area contributed by atoms with Gasteiger partial charge in [0, 0.05) is 0 Å². The normalized spacial score (nSPS) is 15.3. The second-order valence-electron chi connectivity index (χ2n) is 6.94. The van der Waals surface area contributed by atoms with E-state index in [0.717, 1.165) is 13.8 Å². The van der Waals surface area contributed by atoms with Gasteiger partial charge in [-0.1, -0.05) is 24.3 Å². The van der Waals surface area contributed by atoms with Crippen LogP contribution in [0, 0.1) is 0 Å². The van der Waals surface area contributed by atoms with Gasteiger partial charge in [0.1, 0.15) is 5.82 Å². The minimum Gasteiger partial charge on any atom is -0.379 e. The van der Waals surface area contributed by atoms with Crippen molar-refractivity contribution in [2.45, 2.75) is 25.0 Å². The van der Waals surface area contributed by atoms with Gasteiger partial charge < -0.3 is 26.2 Å². The van der Waals surface area contributed by atoms with E-state index in [4.69, 9.17) is 5.73 Å². The van der Waals surface area contributed by atoms with Gasteiger partial charge in [0.15, 0.2) is 11.2 Å². The highest BCUT2D eigenvalue weighted by molar-refractivity contribution is 6.05. The van der Waals surface area contributed by atoms with Crippen LogP contribution in [0.1, 0.15) is 30.0 Å². The first-order valence-electron chi connectivity index (χ1n) is 8.70. The third kappa shape index (κ3) is 3.48. The number of benzene rings is 2. The molecular formula is C20H20N4O5. The van der Waals surface area contributed by atoms with E-state index in [9.17, 15) is 24.6 Å². The molecule has 2 aromatic carbocycles. The Kier molecular flexibility index (Phi) is 4.95. The van der Waals surface area contributed by atoms with Gasteiger partial charge in [0.05, 0.1) is 22.2 Å². The van der Waals surface area contributed by atoms with E-state index >= 15 is 0 Å². The molecule has 9 nitrogen and oxygen atoms in total. The summed E-state index contributed by atoms with van der Waals surface area (Å²) in [6, 6.07) is 12.4. The standard InChI is InChI=1S/C20H20N4O5/c1-19(28,17-22-14-10-6-4-8-12(14)16(26)24-17)20(2,29)18(27)23-13-9-5-3-7-11(13)15(21)25/h3-10,28-29H,1-2H3,(H2,21,25)(H,23,27)(H,22,24,26). The van der Waals surface area contributed by atoms with Crippen molar-refractivity contribution in [3.63, 3.8) is 0 Å². The van der Waals surface area contributed by atoms with E-state index in [-0.39, 0.29) is 17.1 Å². The highest BCUT2D eigenvalue weighted by Gasteiger charge is 2.51. The summed E-state index contributed by atoms with van der Waals surface area (Å²) in [6.45, 7) is 2.23.